The second-order valence-corrected chi connectivity index (χ2v) is 4.59. The molecular weight excluding hydrogens is 257 g/mol. The number of halogens is 1. The Bertz CT molecular complexity index is 598. The Morgan fingerprint density at radius 1 is 1.35 bits per heavy atom. The smallest absolute Gasteiger partial charge is 0.253 e. The fourth-order valence-corrected chi connectivity index (χ4v) is 1.85. The Morgan fingerprint density at radius 2 is 2.15 bits per heavy atom. The summed E-state index contributed by atoms with van der Waals surface area (Å²) >= 11 is 0. The van der Waals surface area contributed by atoms with Crippen molar-refractivity contribution in [3.8, 4) is 0 Å². The van der Waals surface area contributed by atoms with Crippen molar-refractivity contribution in [2.45, 2.75) is 26.3 Å². The molecule has 4 nitrogen and oxygen atoms in total. The topological polar surface area (TPSA) is 54.9 Å². The molecule has 1 atom stereocenters. The van der Waals surface area contributed by atoms with Gasteiger partial charge < -0.3 is 5.32 Å². The molecule has 1 amide bonds. The molecule has 2 rings (SSSR count). The van der Waals surface area contributed by atoms with Gasteiger partial charge in [-0.05, 0) is 31.0 Å². The maximum atomic E-state index is 13.1. The van der Waals surface area contributed by atoms with Crippen LogP contribution in [0.5, 0.6) is 0 Å². The number of hydrogen-bond acceptors (Lipinski definition) is 3. The number of aryl methyl sites for hydroxylation is 1. The first-order valence-electron chi connectivity index (χ1n) is 6.44. The van der Waals surface area contributed by atoms with Crippen LogP contribution in [0.25, 0.3) is 0 Å². The van der Waals surface area contributed by atoms with Crippen LogP contribution < -0.4 is 5.32 Å². The van der Waals surface area contributed by atoms with Gasteiger partial charge in [0.2, 0.25) is 0 Å². The number of pyridine rings is 2. The lowest BCUT2D eigenvalue weighted by Crippen LogP contribution is -2.28. The van der Waals surface area contributed by atoms with Crippen LogP contribution in [0.1, 0.15) is 41.0 Å². The maximum absolute atomic E-state index is 13.1. The highest BCUT2D eigenvalue weighted by atomic mass is 19.1. The third-order valence-corrected chi connectivity index (χ3v) is 2.97. The Morgan fingerprint density at radius 3 is 2.75 bits per heavy atom. The van der Waals surface area contributed by atoms with Crippen LogP contribution in [0.4, 0.5) is 4.39 Å². The first kappa shape index (κ1) is 14.1. The lowest BCUT2D eigenvalue weighted by molar-refractivity contribution is 0.0934. The zero-order valence-corrected chi connectivity index (χ0v) is 11.4. The Kier molecular flexibility index (Phi) is 4.40. The van der Waals surface area contributed by atoms with Gasteiger partial charge in [0.15, 0.2) is 0 Å². The molecule has 0 bridgehead atoms. The molecular formula is C15H16FN3O. The molecule has 1 N–H and O–H groups in total. The van der Waals surface area contributed by atoms with Gasteiger partial charge in [-0.25, -0.2) is 4.39 Å². The summed E-state index contributed by atoms with van der Waals surface area (Å²) < 4.78 is 13.1. The number of nitrogens with one attached hydrogen (secondary N) is 1. The predicted molar refractivity (Wildman–Crippen MR) is 73.7 cm³/mol. The van der Waals surface area contributed by atoms with Crippen LogP contribution in [0.15, 0.2) is 36.8 Å². The monoisotopic (exact) mass is 273 g/mol. The molecule has 5 heteroatoms. The van der Waals surface area contributed by atoms with Crippen LogP contribution in [0.3, 0.4) is 0 Å². The molecule has 0 saturated carbocycles. The SMILES string of the molecule is CC[C@H](NC(=O)c1cncc(F)c1)c1ccc(C)cn1. The van der Waals surface area contributed by atoms with Gasteiger partial charge in [-0.1, -0.05) is 13.0 Å². The number of amides is 1. The van der Waals surface area contributed by atoms with E-state index in [1.807, 2.05) is 26.0 Å². The largest absolute Gasteiger partial charge is 0.344 e. The molecule has 0 fully saturated rings. The molecule has 2 aromatic heterocycles. The molecule has 2 heterocycles. The van der Waals surface area contributed by atoms with E-state index < -0.39 is 5.82 Å². The predicted octanol–water partition coefficient (Wildman–Crippen LogP) is 2.81. The van der Waals surface area contributed by atoms with Crippen LogP contribution in [0, 0.1) is 12.7 Å². The Labute approximate surface area is 117 Å². The third-order valence-electron chi connectivity index (χ3n) is 2.97. The van der Waals surface area contributed by atoms with Crippen LogP contribution >= 0.6 is 0 Å². The van der Waals surface area contributed by atoms with Gasteiger partial charge in [-0.3, -0.25) is 14.8 Å². The summed E-state index contributed by atoms with van der Waals surface area (Å²) in [6.45, 7) is 3.91. The molecule has 2 aromatic rings. The highest BCUT2D eigenvalue weighted by molar-refractivity contribution is 5.94. The van der Waals surface area contributed by atoms with Crippen LogP contribution in [-0.2, 0) is 0 Å². The summed E-state index contributed by atoms with van der Waals surface area (Å²) in [5.41, 5.74) is 2.05. The van der Waals surface area contributed by atoms with E-state index in [1.54, 1.807) is 6.20 Å². The van der Waals surface area contributed by atoms with Crippen molar-refractivity contribution in [2.24, 2.45) is 0 Å². The Balaban J connectivity index is 2.14. The lowest BCUT2D eigenvalue weighted by Gasteiger charge is -2.16. The van der Waals surface area contributed by atoms with Crippen LogP contribution in [-0.4, -0.2) is 15.9 Å². The highest BCUT2D eigenvalue weighted by Crippen LogP contribution is 2.15. The van der Waals surface area contributed by atoms with E-state index in [0.717, 1.165) is 23.5 Å². The standard InChI is InChI=1S/C15H16FN3O/c1-3-13(14-5-4-10(2)7-18-14)19-15(20)11-6-12(16)9-17-8-11/h4-9,13H,3H2,1-2H3,(H,19,20)/t13-/m0/s1. The zero-order valence-electron chi connectivity index (χ0n) is 11.4. The van der Waals surface area contributed by atoms with Crippen molar-refractivity contribution < 1.29 is 9.18 Å². The summed E-state index contributed by atoms with van der Waals surface area (Å²) in [5, 5.41) is 2.84. The van der Waals surface area contributed by atoms with E-state index in [2.05, 4.69) is 15.3 Å². The van der Waals surface area contributed by atoms with Gasteiger partial charge in [-0.15, -0.1) is 0 Å². The van der Waals surface area contributed by atoms with E-state index in [0.29, 0.717) is 6.42 Å². The molecule has 0 aliphatic carbocycles. The number of carbonyl (C=O) groups excluding carboxylic acids is 1. The van der Waals surface area contributed by atoms with Gasteiger partial charge in [0.05, 0.1) is 23.5 Å². The number of aromatic nitrogens is 2. The van der Waals surface area contributed by atoms with Gasteiger partial charge in [0, 0.05) is 12.4 Å². The van der Waals surface area contributed by atoms with Crippen LogP contribution in [0.2, 0.25) is 0 Å². The molecule has 0 aliphatic heterocycles. The lowest BCUT2D eigenvalue weighted by atomic mass is 10.1. The fraction of sp³-hybridized carbons (Fsp3) is 0.267. The summed E-state index contributed by atoms with van der Waals surface area (Å²) in [4.78, 5) is 20.0. The quantitative estimate of drug-likeness (QED) is 0.932. The summed E-state index contributed by atoms with van der Waals surface area (Å²) in [7, 11) is 0. The van der Waals surface area contributed by atoms with Gasteiger partial charge in [0.1, 0.15) is 5.82 Å². The van der Waals surface area contributed by atoms with Crippen molar-refractivity contribution in [2.75, 3.05) is 0 Å². The second-order valence-electron chi connectivity index (χ2n) is 4.59. The summed E-state index contributed by atoms with van der Waals surface area (Å²) in [6, 6.07) is 4.79. The number of hydrogen-bond donors (Lipinski definition) is 1. The molecule has 104 valence electrons. The minimum absolute atomic E-state index is 0.202. The number of nitrogens with zero attached hydrogens (tertiary/aromatic N) is 2. The average molecular weight is 273 g/mol. The van der Waals surface area contributed by atoms with Gasteiger partial charge in [0.25, 0.3) is 5.91 Å². The van der Waals surface area contributed by atoms with E-state index >= 15 is 0 Å². The van der Waals surface area contributed by atoms with E-state index in [9.17, 15) is 9.18 Å². The maximum Gasteiger partial charge on any atom is 0.253 e. The van der Waals surface area contributed by atoms with Crippen molar-refractivity contribution in [3.05, 3.63) is 59.4 Å². The summed E-state index contributed by atoms with van der Waals surface area (Å²) in [6.07, 6.45) is 4.86. The van der Waals surface area contributed by atoms with Crippen molar-refractivity contribution >= 4 is 5.91 Å². The van der Waals surface area contributed by atoms with Crippen molar-refractivity contribution in [1.82, 2.24) is 15.3 Å². The molecule has 0 aromatic carbocycles. The molecule has 0 radical (unpaired) electrons. The highest BCUT2D eigenvalue weighted by Gasteiger charge is 2.15. The normalized spacial score (nSPS) is 11.9. The molecule has 0 spiro atoms. The zero-order chi connectivity index (χ0) is 14.5. The second kappa shape index (κ2) is 6.23. The molecule has 0 aliphatic rings. The molecule has 20 heavy (non-hydrogen) atoms. The van der Waals surface area contributed by atoms with Crippen molar-refractivity contribution in [3.63, 3.8) is 0 Å². The fourth-order valence-electron chi connectivity index (χ4n) is 1.85. The minimum atomic E-state index is -0.529. The average Bonchev–Trinajstić information content (AvgIpc) is 2.45. The van der Waals surface area contributed by atoms with E-state index in [-0.39, 0.29) is 17.5 Å². The van der Waals surface area contributed by atoms with E-state index in [1.165, 1.54) is 6.20 Å². The van der Waals surface area contributed by atoms with Crippen molar-refractivity contribution in [1.29, 1.82) is 0 Å². The van der Waals surface area contributed by atoms with E-state index in [4.69, 9.17) is 0 Å². The summed E-state index contributed by atoms with van der Waals surface area (Å²) in [5.74, 6) is -0.884. The Hall–Kier alpha value is -2.30. The minimum Gasteiger partial charge on any atom is -0.344 e. The van der Waals surface area contributed by atoms with Gasteiger partial charge in [-0.2, -0.15) is 0 Å². The first-order chi connectivity index (χ1) is 9.60. The number of carbonyl (C=O) groups is 1. The van der Waals surface area contributed by atoms with Gasteiger partial charge >= 0.3 is 0 Å². The third kappa shape index (κ3) is 3.38. The first-order valence-corrected chi connectivity index (χ1v) is 6.44. The molecule has 0 saturated heterocycles. The molecule has 0 unspecified atom stereocenters. The number of rotatable bonds is 4.